The summed E-state index contributed by atoms with van der Waals surface area (Å²) in [5.41, 5.74) is 0.365. The van der Waals surface area contributed by atoms with Gasteiger partial charge in [0.1, 0.15) is 0 Å². The third-order valence-electron chi connectivity index (χ3n) is 2.79. The molecule has 0 aromatic heterocycles. The molecule has 0 aromatic carbocycles. The predicted octanol–water partition coefficient (Wildman–Crippen LogP) is 3.24. The Hall–Kier alpha value is 0.972. The van der Waals surface area contributed by atoms with E-state index in [1.54, 1.807) is 0 Å². The van der Waals surface area contributed by atoms with Crippen LogP contribution in [-0.4, -0.2) is 35.6 Å². The molecule has 3 rings (SSSR count). The summed E-state index contributed by atoms with van der Waals surface area (Å²) in [5.74, 6) is 1.42. The van der Waals surface area contributed by atoms with Crippen molar-refractivity contribution >= 4 is 0 Å². The number of hydrogen-bond donors (Lipinski definition) is 0. The number of piperidine rings is 1. The number of rotatable bonds is 0. The summed E-state index contributed by atoms with van der Waals surface area (Å²) in [6.07, 6.45) is 1.39. The maximum Gasteiger partial charge on any atom is 2.00 e. The molecule has 92 valence electrons. The Morgan fingerprint density at radius 1 is 1.06 bits per heavy atom. The molecule has 0 N–H and O–H groups in total. The van der Waals surface area contributed by atoms with E-state index < -0.39 is 0 Å². The minimum Gasteiger partial charge on any atom is -0.660 e. The molecule has 0 aliphatic carbocycles. The summed E-state index contributed by atoms with van der Waals surface area (Å²) in [7, 11) is 0. The monoisotopic (exact) mass is 448 g/mol. The molecule has 2 unspecified atom stereocenters. The van der Waals surface area contributed by atoms with Crippen molar-refractivity contribution in [2.45, 2.75) is 65.6 Å². The van der Waals surface area contributed by atoms with Crippen LogP contribution in [0.4, 0.5) is 0 Å². The molecule has 16 heavy (non-hydrogen) atoms. The average molecular weight is 448 g/mol. The van der Waals surface area contributed by atoms with E-state index in [1.807, 2.05) is 0 Å². The van der Waals surface area contributed by atoms with Gasteiger partial charge in [0.2, 0.25) is 0 Å². The van der Waals surface area contributed by atoms with Crippen LogP contribution in [0.15, 0.2) is 0 Å². The van der Waals surface area contributed by atoms with Crippen molar-refractivity contribution in [3.05, 3.63) is 11.2 Å². The van der Waals surface area contributed by atoms with Crippen LogP contribution in [0.25, 0.3) is 5.32 Å². The van der Waals surface area contributed by atoms with Gasteiger partial charge in [-0.25, -0.2) is 0 Å². The second-order valence-electron chi connectivity index (χ2n) is 6.21. The van der Waals surface area contributed by atoms with Crippen LogP contribution >= 0.6 is 0 Å². The van der Waals surface area contributed by atoms with Gasteiger partial charge >= 0.3 is 31.1 Å². The minimum atomic E-state index is 0. The van der Waals surface area contributed by atoms with E-state index in [1.165, 1.54) is 12.3 Å². The molecule has 2 atom stereocenters. The van der Waals surface area contributed by atoms with E-state index in [9.17, 15) is 0 Å². The van der Waals surface area contributed by atoms with Crippen molar-refractivity contribution in [3.63, 3.8) is 0 Å². The van der Waals surface area contributed by atoms with E-state index in [0.29, 0.717) is 5.54 Å². The maximum atomic E-state index is 4.43. The van der Waals surface area contributed by atoms with Crippen LogP contribution in [0.3, 0.4) is 0 Å². The molecule has 0 saturated carbocycles. The van der Waals surface area contributed by atoms with E-state index in [-0.39, 0.29) is 31.1 Å². The van der Waals surface area contributed by atoms with Crippen LogP contribution in [-0.2, 0) is 0 Å². The molecule has 2 nitrogen and oxygen atoms in total. The Morgan fingerprint density at radius 3 is 1.62 bits per heavy atom. The molecule has 2 bridgehead atoms. The van der Waals surface area contributed by atoms with Gasteiger partial charge < -0.3 is 11.2 Å². The third-order valence-corrected chi connectivity index (χ3v) is 2.79. The zero-order valence-corrected chi connectivity index (χ0v) is 15.8. The van der Waals surface area contributed by atoms with Gasteiger partial charge in [0.05, 0.1) is 0 Å². The van der Waals surface area contributed by atoms with Gasteiger partial charge in [-0.1, -0.05) is 0 Å². The first-order chi connectivity index (χ1) is 6.82. The van der Waals surface area contributed by atoms with Crippen molar-refractivity contribution in [1.82, 2.24) is 4.90 Å². The topological polar surface area (TPSA) is 17.3 Å². The average Bonchev–Trinajstić information content (AvgIpc) is 2.00. The van der Waals surface area contributed by atoms with Crippen LogP contribution < -0.4 is 0 Å². The van der Waals surface area contributed by atoms with Crippen molar-refractivity contribution in [3.8, 4) is 0 Å². The molecular formula is C13H26N2U. The van der Waals surface area contributed by atoms with Gasteiger partial charge in [0.15, 0.2) is 0 Å². The fourth-order valence-corrected chi connectivity index (χ4v) is 2.49. The number of nitrogens with zero attached hydrogens (tertiary/aromatic N) is 2. The number of fused-ring (bicyclic) bond motifs is 2. The van der Waals surface area contributed by atoms with Crippen LogP contribution in [0.5, 0.6) is 0 Å². The Labute approximate surface area is 125 Å². The molecular weight excluding hydrogens is 422 g/mol. The molecule has 3 aliphatic heterocycles. The van der Waals surface area contributed by atoms with Crippen molar-refractivity contribution in [2.24, 2.45) is 0 Å². The van der Waals surface area contributed by atoms with Crippen molar-refractivity contribution in [2.75, 3.05) is 13.1 Å². The third kappa shape index (κ3) is 4.69. The summed E-state index contributed by atoms with van der Waals surface area (Å²) >= 11 is 0. The van der Waals surface area contributed by atoms with Crippen LogP contribution in [0.1, 0.15) is 48.0 Å². The molecule has 0 amide bonds. The first-order valence-electron chi connectivity index (χ1n) is 6.01. The van der Waals surface area contributed by atoms with E-state index in [2.05, 4.69) is 51.8 Å². The zero-order chi connectivity index (χ0) is 11.6. The van der Waals surface area contributed by atoms with Gasteiger partial charge in [-0.05, 0) is 39.3 Å². The van der Waals surface area contributed by atoms with Gasteiger partial charge in [-0.3, -0.25) is 4.90 Å². The van der Waals surface area contributed by atoms with E-state index in [4.69, 9.17) is 0 Å². The predicted molar refractivity (Wildman–Crippen MR) is 67.1 cm³/mol. The van der Waals surface area contributed by atoms with Crippen LogP contribution in [0.2, 0.25) is 0 Å². The smallest absolute Gasteiger partial charge is 0.660 e. The standard InChI is InChI=1S/C9H17N2.C4H9.U/c1-9(2,3)11-7-4-8(11)6-10-5-7;1-4(2)3;/h7-8H,4-6H2,1-3H3;1-3H3;/q2*-1;+2. The summed E-state index contributed by atoms with van der Waals surface area (Å²) in [6, 6.07) is 1.54. The first kappa shape index (κ1) is 17.0. The Balaban J connectivity index is 0.000000397. The van der Waals surface area contributed by atoms with Crippen molar-refractivity contribution < 1.29 is 31.1 Å². The fourth-order valence-electron chi connectivity index (χ4n) is 2.49. The van der Waals surface area contributed by atoms with Crippen LogP contribution in [0, 0.1) is 37.0 Å². The quantitative estimate of drug-likeness (QED) is 0.521. The van der Waals surface area contributed by atoms with Gasteiger partial charge in [0.25, 0.3) is 0 Å². The fraction of sp³-hybridized carbons (Fsp3) is 0.923. The Bertz CT molecular complexity index is 182. The molecule has 3 heterocycles. The summed E-state index contributed by atoms with van der Waals surface area (Å²) in [4.78, 5) is 2.62. The largest absolute Gasteiger partial charge is 2.00 e. The summed E-state index contributed by atoms with van der Waals surface area (Å²) in [6.45, 7) is 15.3. The zero-order valence-electron chi connectivity index (χ0n) is 11.7. The van der Waals surface area contributed by atoms with E-state index in [0.717, 1.165) is 25.2 Å². The molecule has 0 spiro atoms. The summed E-state index contributed by atoms with van der Waals surface area (Å²) < 4.78 is 0. The molecule has 0 aromatic rings. The van der Waals surface area contributed by atoms with E-state index >= 15 is 0 Å². The molecule has 0 radical (unpaired) electrons. The Morgan fingerprint density at radius 2 is 1.44 bits per heavy atom. The molecule has 3 fully saturated rings. The van der Waals surface area contributed by atoms with Gasteiger partial charge in [-0.15, -0.1) is 13.1 Å². The number of hydrogen-bond acceptors (Lipinski definition) is 1. The van der Waals surface area contributed by atoms with Crippen molar-refractivity contribution in [1.29, 1.82) is 0 Å². The second-order valence-corrected chi connectivity index (χ2v) is 6.21. The SMILES string of the molecule is CC(C)(C)N1C2C[N-]CC1C2.C[C-](C)C.[U+2]. The maximum absolute atomic E-state index is 4.43. The van der Waals surface area contributed by atoms with Gasteiger partial charge in [0, 0.05) is 5.54 Å². The molecule has 3 aliphatic rings. The summed E-state index contributed by atoms with van der Waals surface area (Å²) in [5, 5.41) is 4.43. The molecule has 3 heteroatoms. The molecule has 3 saturated heterocycles. The second kappa shape index (κ2) is 6.78. The van der Waals surface area contributed by atoms with Gasteiger partial charge in [-0.2, -0.15) is 20.8 Å². The first-order valence-corrected chi connectivity index (χ1v) is 6.01. The minimum absolute atomic E-state index is 0. The Kier molecular flexibility index (Phi) is 7.20. The number of piperazine rings is 1. The normalized spacial score (nSPS) is 28.7.